The highest BCUT2D eigenvalue weighted by molar-refractivity contribution is 5.72. The number of benzene rings is 2. The van der Waals surface area contributed by atoms with Gasteiger partial charge in [0.15, 0.2) is 23.0 Å². The number of hydrogen-bond donors (Lipinski definition) is 5. The average molecular weight is 372 g/mol. The van der Waals surface area contributed by atoms with Gasteiger partial charge in [-0.25, -0.2) is 0 Å². The van der Waals surface area contributed by atoms with Crippen molar-refractivity contribution in [3.8, 4) is 34.5 Å². The van der Waals surface area contributed by atoms with Crippen molar-refractivity contribution >= 4 is 5.97 Å². The third-order valence-electron chi connectivity index (χ3n) is 5.72. The van der Waals surface area contributed by atoms with Crippen molar-refractivity contribution in [2.24, 2.45) is 11.8 Å². The first-order valence-corrected chi connectivity index (χ1v) is 8.90. The molecule has 1 heterocycles. The van der Waals surface area contributed by atoms with Crippen molar-refractivity contribution in [3.63, 3.8) is 0 Å². The molecule has 2 aliphatic rings. The standard InChI is InChI=1S/C20H20O7/c21-13-7-5-11-15(9-3-1-2-4-10(9)20(25)26)12-6-8-14(22)17(24)19(12)27-18(11)16(13)23/h5-10,15,21-24H,1-4H2,(H,25,26). The Bertz CT molecular complexity index is 864. The number of phenols is 4. The summed E-state index contributed by atoms with van der Waals surface area (Å²) in [6, 6.07) is 5.90. The van der Waals surface area contributed by atoms with Gasteiger partial charge in [0.25, 0.3) is 0 Å². The number of rotatable bonds is 2. The molecule has 7 nitrogen and oxygen atoms in total. The summed E-state index contributed by atoms with van der Waals surface area (Å²) >= 11 is 0. The summed E-state index contributed by atoms with van der Waals surface area (Å²) in [5.74, 6) is -3.94. The summed E-state index contributed by atoms with van der Waals surface area (Å²) in [5.41, 5.74) is 1.11. The number of phenolic OH excluding ortho intramolecular Hbond substituents is 4. The largest absolute Gasteiger partial charge is 0.504 e. The van der Waals surface area contributed by atoms with Gasteiger partial charge in [-0.3, -0.25) is 4.79 Å². The highest BCUT2D eigenvalue weighted by Crippen LogP contribution is 2.58. The Balaban J connectivity index is 1.95. The maximum absolute atomic E-state index is 11.9. The molecule has 2 aromatic carbocycles. The van der Waals surface area contributed by atoms with Crippen LogP contribution in [0, 0.1) is 11.8 Å². The second kappa shape index (κ2) is 6.26. The molecular weight excluding hydrogens is 352 g/mol. The van der Waals surface area contributed by atoms with Crippen LogP contribution in [0.15, 0.2) is 24.3 Å². The van der Waals surface area contributed by atoms with Crippen LogP contribution >= 0.6 is 0 Å². The second-order valence-corrected chi connectivity index (χ2v) is 7.18. The lowest BCUT2D eigenvalue weighted by Crippen LogP contribution is -2.33. The minimum atomic E-state index is -0.875. The summed E-state index contributed by atoms with van der Waals surface area (Å²) in [4.78, 5) is 11.9. The zero-order valence-electron chi connectivity index (χ0n) is 14.4. The van der Waals surface area contributed by atoms with Crippen LogP contribution in [0.5, 0.6) is 34.5 Å². The van der Waals surface area contributed by atoms with E-state index in [4.69, 9.17) is 4.74 Å². The lowest BCUT2D eigenvalue weighted by Gasteiger charge is -2.39. The van der Waals surface area contributed by atoms with Gasteiger partial charge in [-0.1, -0.05) is 25.0 Å². The molecule has 27 heavy (non-hydrogen) atoms. The van der Waals surface area contributed by atoms with Crippen molar-refractivity contribution in [2.75, 3.05) is 0 Å². The Kier molecular flexibility index (Phi) is 4.02. The van der Waals surface area contributed by atoms with Gasteiger partial charge < -0.3 is 30.3 Å². The smallest absolute Gasteiger partial charge is 0.306 e. The van der Waals surface area contributed by atoms with Crippen LogP contribution in [0.2, 0.25) is 0 Å². The summed E-state index contributed by atoms with van der Waals surface area (Å²) in [6.45, 7) is 0. The van der Waals surface area contributed by atoms with E-state index in [1.807, 2.05) is 0 Å². The Morgan fingerprint density at radius 1 is 0.852 bits per heavy atom. The molecule has 1 aliphatic heterocycles. The number of carboxylic acid groups (broad SMARTS) is 1. The number of ether oxygens (including phenoxy) is 1. The molecule has 0 saturated heterocycles. The molecule has 1 saturated carbocycles. The van der Waals surface area contributed by atoms with Crippen molar-refractivity contribution in [2.45, 2.75) is 31.6 Å². The monoisotopic (exact) mass is 372 g/mol. The molecule has 2 atom stereocenters. The third-order valence-corrected chi connectivity index (χ3v) is 5.72. The summed E-state index contributed by atoms with van der Waals surface area (Å²) in [7, 11) is 0. The molecule has 1 fully saturated rings. The molecule has 1 aliphatic carbocycles. The number of aliphatic carboxylic acids is 1. The lowest BCUT2D eigenvalue weighted by atomic mass is 9.67. The molecule has 0 aromatic heterocycles. The molecular formula is C20H20O7. The maximum atomic E-state index is 11.9. The van der Waals surface area contributed by atoms with Crippen LogP contribution in [-0.2, 0) is 4.79 Å². The number of aromatic hydroxyl groups is 4. The maximum Gasteiger partial charge on any atom is 0.306 e. The fraction of sp³-hybridized carbons (Fsp3) is 0.350. The van der Waals surface area contributed by atoms with E-state index in [2.05, 4.69) is 0 Å². The molecule has 2 unspecified atom stereocenters. The minimum Gasteiger partial charge on any atom is -0.504 e. The van der Waals surface area contributed by atoms with Gasteiger partial charge in [0.05, 0.1) is 5.92 Å². The fourth-order valence-electron chi connectivity index (χ4n) is 4.45. The van der Waals surface area contributed by atoms with Crippen molar-refractivity contribution in [1.82, 2.24) is 0 Å². The number of fused-ring (bicyclic) bond motifs is 2. The predicted molar refractivity (Wildman–Crippen MR) is 94.5 cm³/mol. The first-order valence-electron chi connectivity index (χ1n) is 8.90. The molecule has 0 radical (unpaired) electrons. The molecule has 2 aromatic rings. The number of carboxylic acids is 1. The van der Waals surface area contributed by atoms with Crippen LogP contribution in [0.25, 0.3) is 0 Å². The van der Waals surface area contributed by atoms with Gasteiger partial charge in [-0.05, 0) is 30.9 Å². The molecule has 0 amide bonds. The van der Waals surface area contributed by atoms with E-state index < -0.39 is 29.3 Å². The SMILES string of the molecule is O=C(O)C1CCCCC1C1c2ccc(O)c(O)c2Oc2c1ccc(O)c2O. The van der Waals surface area contributed by atoms with Crippen LogP contribution in [0.4, 0.5) is 0 Å². The highest BCUT2D eigenvalue weighted by Gasteiger charge is 2.43. The minimum absolute atomic E-state index is 0.0249. The quantitative estimate of drug-likeness (QED) is 0.509. The van der Waals surface area contributed by atoms with E-state index in [9.17, 15) is 30.3 Å². The van der Waals surface area contributed by atoms with E-state index >= 15 is 0 Å². The Morgan fingerprint density at radius 3 is 1.89 bits per heavy atom. The summed E-state index contributed by atoms with van der Waals surface area (Å²) < 4.78 is 5.65. The summed E-state index contributed by atoms with van der Waals surface area (Å²) in [5, 5.41) is 50.0. The van der Waals surface area contributed by atoms with Gasteiger partial charge >= 0.3 is 5.97 Å². The molecule has 142 valence electrons. The van der Waals surface area contributed by atoms with E-state index in [-0.39, 0.29) is 28.9 Å². The predicted octanol–water partition coefficient (Wildman–Crippen LogP) is 3.64. The second-order valence-electron chi connectivity index (χ2n) is 7.18. The van der Waals surface area contributed by atoms with E-state index in [0.29, 0.717) is 24.0 Å². The average Bonchev–Trinajstić information content (AvgIpc) is 2.66. The zero-order chi connectivity index (χ0) is 19.3. The highest BCUT2D eigenvalue weighted by atomic mass is 16.5. The summed E-state index contributed by atoms with van der Waals surface area (Å²) in [6.07, 6.45) is 2.93. The van der Waals surface area contributed by atoms with Crippen molar-refractivity contribution in [3.05, 3.63) is 35.4 Å². The molecule has 5 N–H and O–H groups in total. The van der Waals surface area contributed by atoms with Gasteiger partial charge in [-0.15, -0.1) is 0 Å². The third kappa shape index (κ3) is 2.61. The lowest BCUT2D eigenvalue weighted by molar-refractivity contribution is -0.145. The Labute approximate surface area is 155 Å². The zero-order valence-corrected chi connectivity index (χ0v) is 14.4. The normalized spacial score (nSPS) is 21.8. The van der Waals surface area contributed by atoms with Crippen LogP contribution in [0.1, 0.15) is 42.7 Å². The van der Waals surface area contributed by atoms with Gasteiger partial charge in [-0.2, -0.15) is 0 Å². The number of carbonyl (C=O) groups is 1. The van der Waals surface area contributed by atoms with Crippen LogP contribution in [-0.4, -0.2) is 31.5 Å². The van der Waals surface area contributed by atoms with Crippen LogP contribution < -0.4 is 4.74 Å². The Hall–Kier alpha value is -3.09. The molecule has 0 spiro atoms. The van der Waals surface area contributed by atoms with E-state index in [0.717, 1.165) is 12.8 Å². The van der Waals surface area contributed by atoms with Gasteiger partial charge in [0.2, 0.25) is 11.5 Å². The first kappa shape index (κ1) is 17.3. The number of hydrogen-bond acceptors (Lipinski definition) is 6. The van der Waals surface area contributed by atoms with E-state index in [1.54, 1.807) is 12.1 Å². The van der Waals surface area contributed by atoms with Gasteiger partial charge in [0.1, 0.15) is 0 Å². The topological polar surface area (TPSA) is 127 Å². The van der Waals surface area contributed by atoms with Crippen LogP contribution in [0.3, 0.4) is 0 Å². The van der Waals surface area contributed by atoms with Crippen molar-refractivity contribution < 1.29 is 35.1 Å². The molecule has 0 bridgehead atoms. The van der Waals surface area contributed by atoms with Gasteiger partial charge in [0, 0.05) is 17.0 Å². The fourth-order valence-corrected chi connectivity index (χ4v) is 4.45. The van der Waals surface area contributed by atoms with Crippen molar-refractivity contribution in [1.29, 1.82) is 0 Å². The Morgan fingerprint density at radius 2 is 1.37 bits per heavy atom. The molecule has 7 heteroatoms. The van der Waals surface area contributed by atoms with E-state index in [1.165, 1.54) is 12.1 Å². The first-order chi connectivity index (χ1) is 12.9. The molecule has 4 rings (SSSR count).